The highest BCUT2D eigenvalue weighted by atomic mass is 32.2. The van der Waals surface area contributed by atoms with Crippen molar-refractivity contribution < 1.29 is 32.6 Å². The number of hydrogen-bond acceptors (Lipinski definition) is 7. The molecule has 2 aromatic carbocycles. The van der Waals surface area contributed by atoms with Crippen molar-refractivity contribution in [3.05, 3.63) is 64.2 Å². The van der Waals surface area contributed by atoms with Crippen molar-refractivity contribution in [2.75, 3.05) is 32.8 Å². The van der Waals surface area contributed by atoms with E-state index in [4.69, 9.17) is 14.8 Å². The summed E-state index contributed by atoms with van der Waals surface area (Å²) >= 11 is 3.09. The number of aryl methyl sites for hydroxylation is 1. The van der Waals surface area contributed by atoms with Crippen LogP contribution in [0.25, 0.3) is 10.6 Å². The van der Waals surface area contributed by atoms with E-state index in [0.29, 0.717) is 41.7 Å². The topological polar surface area (TPSA) is 83.0 Å². The molecule has 1 saturated heterocycles. The highest BCUT2D eigenvalue weighted by molar-refractivity contribution is 7.98. The van der Waals surface area contributed by atoms with Crippen LogP contribution >= 0.6 is 23.1 Å². The lowest BCUT2D eigenvalue weighted by atomic mass is 10.1. The Morgan fingerprint density at radius 3 is 2.41 bits per heavy atom. The van der Waals surface area contributed by atoms with Crippen LogP contribution in [0.4, 0.5) is 13.2 Å². The van der Waals surface area contributed by atoms with Gasteiger partial charge in [0.25, 0.3) is 0 Å². The van der Waals surface area contributed by atoms with E-state index >= 15 is 0 Å². The third-order valence-electron chi connectivity index (χ3n) is 6.70. The van der Waals surface area contributed by atoms with E-state index in [1.165, 1.54) is 23.5 Å². The van der Waals surface area contributed by atoms with E-state index in [-0.39, 0.29) is 5.91 Å². The van der Waals surface area contributed by atoms with Gasteiger partial charge in [-0.1, -0.05) is 25.5 Å². The molecule has 3 aromatic rings. The Hall–Kier alpha value is -3.09. The summed E-state index contributed by atoms with van der Waals surface area (Å²) in [6, 6.07) is 10.8. The SMILES string of the molecule is CCCc1cc(SCc2sc(-c3ccc(C(F)(F)F)cc3)nc2CN2CCN(C(C)=O)CC2)ccc1OCC(=O)O. The van der Waals surface area contributed by atoms with Gasteiger partial charge in [0, 0.05) is 60.7 Å². The molecule has 1 amide bonds. The molecule has 4 rings (SSSR count). The fourth-order valence-electron chi connectivity index (χ4n) is 4.52. The maximum Gasteiger partial charge on any atom is 0.416 e. The number of piperazine rings is 1. The minimum Gasteiger partial charge on any atom is -0.482 e. The molecule has 1 fully saturated rings. The Labute approximate surface area is 245 Å². The summed E-state index contributed by atoms with van der Waals surface area (Å²) in [6.07, 6.45) is -2.77. The van der Waals surface area contributed by atoms with Crippen molar-refractivity contribution in [1.82, 2.24) is 14.8 Å². The minimum absolute atomic E-state index is 0.0572. The molecule has 1 N–H and O–H groups in total. The number of carboxylic acids is 1. The average molecular weight is 608 g/mol. The zero-order valence-corrected chi connectivity index (χ0v) is 24.5. The first-order valence-corrected chi connectivity index (χ1v) is 15.1. The first-order valence-electron chi connectivity index (χ1n) is 13.3. The van der Waals surface area contributed by atoms with Crippen LogP contribution < -0.4 is 4.74 Å². The van der Waals surface area contributed by atoms with Crippen molar-refractivity contribution in [2.45, 2.75) is 50.1 Å². The second kappa shape index (κ2) is 13.7. The van der Waals surface area contributed by atoms with Crippen LogP contribution in [-0.4, -0.2) is 64.6 Å². The van der Waals surface area contributed by atoms with E-state index < -0.39 is 24.3 Å². The molecule has 0 atom stereocenters. The molecule has 0 saturated carbocycles. The van der Waals surface area contributed by atoms with E-state index in [0.717, 1.165) is 59.1 Å². The largest absolute Gasteiger partial charge is 0.482 e. The summed E-state index contributed by atoms with van der Waals surface area (Å²) in [5.41, 5.74) is 1.75. The number of aromatic nitrogens is 1. The number of carbonyl (C=O) groups excluding carboxylic acids is 1. The van der Waals surface area contributed by atoms with Crippen LogP contribution in [0.1, 0.15) is 42.0 Å². The van der Waals surface area contributed by atoms with Crippen molar-refractivity contribution in [3.63, 3.8) is 0 Å². The van der Waals surface area contributed by atoms with Gasteiger partial charge in [0.05, 0.1) is 11.3 Å². The van der Waals surface area contributed by atoms with Gasteiger partial charge in [-0.05, 0) is 42.3 Å². The number of benzene rings is 2. The Kier molecular flexibility index (Phi) is 10.3. The predicted octanol–water partition coefficient (Wildman–Crippen LogP) is 6.20. The molecule has 0 bridgehead atoms. The number of aliphatic carboxylic acids is 1. The van der Waals surface area contributed by atoms with E-state index in [1.807, 2.05) is 24.0 Å². The van der Waals surface area contributed by atoms with Crippen LogP contribution in [0.3, 0.4) is 0 Å². The second-order valence-corrected chi connectivity index (χ2v) is 11.9. The number of thioether (sulfide) groups is 1. The Bertz CT molecular complexity index is 1350. The summed E-state index contributed by atoms with van der Waals surface area (Å²) in [4.78, 5) is 33.6. The van der Waals surface area contributed by atoms with Crippen LogP contribution in [0.5, 0.6) is 5.75 Å². The Morgan fingerprint density at radius 1 is 1.10 bits per heavy atom. The number of thiazole rings is 1. The molecule has 1 aliphatic heterocycles. The van der Waals surface area contributed by atoms with Crippen molar-refractivity contribution in [2.24, 2.45) is 0 Å². The molecule has 1 aromatic heterocycles. The molecule has 41 heavy (non-hydrogen) atoms. The summed E-state index contributed by atoms with van der Waals surface area (Å²) in [5.74, 6) is 0.199. The summed E-state index contributed by atoms with van der Waals surface area (Å²) in [5, 5.41) is 9.63. The van der Waals surface area contributed by atoms with Gasteiger partial charge >= 0.3 is 12.1 Å². The van der Waals surface area contributed by atoms with Crippen LogP contribution in [0, 0.1) is 0 Å². The standard InChI is InChI=1S/C29H32F3N3O4S2/c1-3-4-21-15-23(9-10-25(21)39-17-27(37)38)40-18-26-24(16-34-11-13-35(14-12-34)19(2)36)33-28(41-26)20-5-7-22(8-6-20)29(30,31)32/h5-10,15H,3-4,11-14,16-18H2,1-2H3,(H,37,38). The van der Waals surface area contributed by atoms with Gasteiger partial charge in [0.15, 0.2) is 6.61 Å². The van der Waals surface area contributed by atoms with Crippen LogP contribution in [-0.2, 0) is 34.5 Å². The van der Waals surface area contributed by atoms with Gasteiger partial charge < -0.3 is 14.7 Å². The predicted molar refractivity (Wildman–Crippen MR) is 153 cm³/mol. The maximum atomic E-state index is 13.1. The first kappa shape index (κ1) is 30.9. The molecule has 0 unspecified atom stereocenters. The maximum absolute atomic E-state index is 13.1. The van der Waals surface area contributed by atoms with E-state index in [9.17, 15) is 22.8 Å². The second-order valence-electron chi connectivity index (χ2n) is 9.74. The molecule has 220 valence electrons. The molecular formula is C29H32F3N3O4S2. The fourth-order valence-corrected chi connectivity index (χ4v) is 6.65. The van der Waals surface area contributed by atoms with Gasteiger partial charge in [0.2, 0.25) is 5.91 Å². The number of amides is 1. The molecule has 12 heteroatoms. The average Bonchev–Trinajstić information content (AvgIpc) is 3.33. The summed E-state index contributed by atoms with van der Waals surface area (Å²) < 4.78 is 44.7. The zero-order chi connectivity index (χ0) is 29.6. The molecule has 0 aliphatic carbocycles. The minimum atomic E-state index is -4.40. The molecule has 0 spiro atoms. The van der Waals surface area contributed by atoms with E-state index in [1.54, 1.807) is 24.8 Å². The lowest BCUT2D eigenvalue weighted by Gasteiger charge is -2.33. The normalized spacial score (nSPS) is 14.3. The number of halogens is 3. The number of alkyl halides is 3. The van der Waals surface area contributed by atoms with Crippen molar-refractivity contribution >= 4 is 35.0 Å². The smallest absolute Gasteiger partial charge is 0.416 e. The monoisotopic (exact) mass is 607 g/mol. The highest BCUT2D eigenvalue weighted by Gasteiger charge is 2.30. The number of carboxylic acid groups (broad SMARTS) is 1. The van der Waals surface area contributed by atoms with E-state index in [2.05, 4.69) is 4.90 Å². The van der Waals surface area contributed by atoms with Gasteiger partial charge in [-0.2, -0.15) is 13.2 Å². The third-order valence-corrected chi connectivity index (χ3v) is 9.05. The fraction of sp³-hybridized carbons (Fsp3) is 0.414. The lowest BCUT2D eigenvalue weighted by Crippen LogP contribution is -2.47. The molecular weight excluding hydrogens is 575 g/mol. The third kappa shape index (κ3) is 8.46. The molecule has 1 aliphatic rings. The van der Waals surface area contributed by atoms with Crippen molar-refractivity contribution in [1.29, 1.82) is 0 Å². The van der Waals surface area contributed by atoms with Crippen LogP contribution in [0.15, 0.2) is 47.4 Å². The van der Waals surface area contributed by atoms with Gasteiger partial charge in [-0.3, -0.25) is 9.69 Å². The van der Waals surface area contributed by atoms with Crippen LogP contribution in [0.2, 0.25) is 0 Å². The number of carbonyl (C=O) groups is 2. The van der Waals surface area contributed by atoms with Gasteiger partial charge in [-0.15, -0.1) is 23.1 Å². The number of ether oxygens (including phenoxy) is 1. The summed E-state index contributed by atoms with van der Waals surface area (Å²) in [6.45, 7) is 6.52. The molecule has 0 radical (unpaired) electrons. The van der Waals surface area contributed by atoms with Gasteiger partial charge in [-0.25, -0.2) is 9.78 Å². The summed E-state index contributed by atoms with van der Waals surface area (Å²) in [7, 11) is 0. The highest BCUT2D eigenvalue weighted by Crippen LogP contribution is 2.36. The van der Waals surface area contributed by atoms with Crippen molar-refractivity contribution in [3.8, 4) is 16.3 Å². The lowest BCUT2D eigenvalue weighted by molar-refractivity contribution is -0.139. The quantitative estimate of drug-likeness (QED) is 0.260. The number of nitrogens with zero attached hydrogens (tertiary/aromatic N) is 3. The first-order chi connectivity index (χ1) is 19.5. The molecule has 2 heterocycles. The number of rotatable bonds is 11. The Balaban J connectivity index is 1.55. The number of hydrogen-bond donors (Lipinski definition) is 1. The molecule has 7 nitrogen and oxygen atoms in total. The van der Waals surface area contributed by atoms with Gasteiger partial charge in [0.1, 0.15) is 10.8 Å². The zero-order valence-electron chi connectivity index (χ0n) is 22.9. The Morgan fingerprint density at radius 2 is 1.80 bits per heavy atom.